The molecule has 1 aromatic carbocycles. The fraction of sp³-hybridized carbons (Fsp3) is 0.400. The quantitative estimate of drug-likeness (QED) is 0.0460. The second-order valence-corrected chi connectivity index (χ2v) is 10.6. The highest BCUT2D eigenvalue weighted by molar-refractivity contribution is 6.12. The normalized spacial score (nSPS) is 11.3. The zero-order valence-electron chi connectivity index (χ0n) is 30.1. The zero-order valence-corrected chi connectivity index (χ0v) is 30.1. The zero-order chi connectivity index (χ0) is 38.9. The van der Waals surface area contributed by atoms with E-state index in [1.165, 1.54) is 27.4 Å². The van der Waals surface area contributed by atoms with Crippen LogP contribution in [0.2, 0.25) is 0 Å². The van der Waals surface area contributed by atoms with Gasteiger partial charge in [0.2, 0.25) is 11.8 Å². The molecule has 0 saturated carbocycles. The lowest BCUT2D eigenvalue weighted by Gasteiger charge is -2.20. The molecule has 0 aliphatic carbocycles. The number of carbonyl (C=O) groups excluding carboxylic acids is 4. The third-order valence-corrected chi connectivity index (χ3v) is 6.88. The van der Waals surface area contributed by atoms with Gasteiger partial charge in [-0.2, -0.15) is 0 Å². The Labute approximate surface area is 298 Å². The lowest BCUT2D eigenvalue weighted by atomic mass is 10.0. The van der Waals surface area contributed by atoms with E-state index in [0.29, 0.717) is 36.2 Å². The number of anilines is 1. The fourth-order valence-electron chi connectivity index (χ4n) is 4.97. The van der Waals surface area contributed by atoms with Gasteiger partial charge in [-0.25, -0.2) is 0 Å². The third kappa shape index (κ3) is 14.1. The van der Waals surface area contributed by atoms with Gasteiger partial charge >= 0.3 is 5.97 Å². The monoisotopic (exact) mass is 711 g/mol. The van der Waals surface area contributed by atoms with Crippen molar-refractivity contribution >= 4 is 42.0 Å². The van der Waals surface area contributed by atoms with E-state index < -0.39 is 35.8 Å². The van der Waals surface area contributed by atoms with Crippen molar-refractivity contribution in [2.75, 3.05) is 33.1 Å². The Morgan fingerprint density at radius 2 is 1.59 bits per heavy atom. The maximum absolute atomic E-state index is 14.1. The van der Waals surface area contributed by atoms with Crippen LogP contribution in [0.3, 0.4) is 0 Å². The number of carboxylic acid groups (broad SMARTS) is 1. The molecule has 0 fully saturated rings. The summed E-state index contributed by atoms with van der Waals surface area (Å²) in [5, 5.41) is 24.4. The van der Waals surface area contributed by atoms with Gasteiger partial charge in [0.05, 0.1) is 35.0 Å². The lowest BCUT2D eigenvalue weighted by molar-refractivity contribution is -0.137. The van der Waals surface area contributed by atoms with Crippen molar-refractivity contribution in [2.45, 2.75) is 64.6 Å². The molecule has 280 valence electrons. The van der Waals surface area contributed by atoms with Crippen molar-refractivity contribution < 1.29 is 34.2 Å². The Bertz CT molecular complexity index is 1530. The first kappa shape index (κ1) is 45.6. The van der Waals surface area contributed by atoms with Crippen molar-refractivity contribution in [3.05, 3.63) is 60.4 Å². The van der Waals surface area contributed by atoms with Gasteiger partial charge in [-0.1, -0.05) is 36.4 Å². The second kappa shape index (κ2) is 25.5. The number of aromatic nitrogens is 2. The highest BCUT2D eigenvalue weighted by Gasteiger charge is 2.33. The van der Waals surface area contributed by atoms with E-state index in [4.69, 9.17) is 15.9 Å². The van der Waals surface area contributed by atoms with Crippen LogP contribution < -0.4 is 33.2 Å². The van der Waals surface area contributed by atoms with E-state index in [9.17, 15) is 24.0 Å². The number of benzene rings is 1. The number of aliphatic imine (C=N–C) groups is 1. The smallest absolute Gasteiger partial charge is 0.303 e. The summed E-state index contributed by atoms with van der Waals surface area (Å²) in [6.07, 6.45) is 3.47. The molecule has 0 aliphatic rings. The molecular formula is C35H53N9O7. The van der Waals surface area contributed by atoms with Crippen LogP contribution in [0.4, 0.5) is 5.69 Å². The summed E-state index contributed by atoms with van der Waals surface area (Å²) >= 11 is 0. The summed E-state index contributed by atoms with van der Waals surface area (Å²) in [5.74, 6) is -2.81. The first-order valence-corrected chi connectivity index (χ1v) is 16.2. The van der Waals surface area contributed by atoms with Crippen LogP contribution in [0, 0.1) is 0 Å². The van der Waals surface area contributed by atoms with Gasteiger partial charge in [0.15, 0.2) is 0 Å². The van der Waals surface area contributed by atoms with Crippen LogP contribution in [-0.4, -0.2) is 95.9 Å². The molecule has 2 atom stereocenters. The van der Waals surface area contributed by atoms with Gasteiger partial charge in [-0.3, -0.25) is 29.2 Å². The number of nitrogens with zero attached hydrogens (tertiary/aromatic N) is 3. The van der Waals surface area contributed by atoms with E-state index in [-0.39, 0.29) is 36.7 Å². The van der Waals surface area contributed by atoms with Crippen LogP contribution in [-0.2, 0) is 19.2 Å². The van der Waals surface area contributed by atoms with Gasteiger partial charge in [-0.15, -0.1) is 0 Å². The van der Waals surface area contributed by atoms with Gasteiger partial charge in [0.1, 0.15) is 18.0 Å². The molecule has 2 unspecified atom stereocenters. The molecule has 3 aromatic rings. The highest BCUT2D eigenvalue weighted by atomic mass is 16.4. The number of pyridine rings is 1. The highest BCUT2D eigenvalue weighted by Crippen LogP contribution is 2.44. The van der Waals surface area contributed by atoms with Crippen molar-refractivity contribution in [1.29, 1.82) is 0 Å². The molecule has 0 spiro atoms. The molecule has 11 N–H and O–H groups in total. The maximum Gasteiger partial charge on any atom is 0.303 e. The van der Waals surface area contributed by atoms with E-state index in [0.717, 1.165) is 12.7 Å². The maximum atomic E-state index is 14.1. The van der Waals surface area contributed by atoms with E-state index in [1.54, 1.807) is 29.0 Å². The first-order valence-electron chi connectivity index (χ1n) is 16.2. The number of nitrogens with two attached hydrogens (primary N) is 3. The van der Waals surface area contributed by atoms with Crippen LogP contribution in [0.15, 0.2) is 59.7 Å². The third-order valence-electron chi connectivity index (χ3n) is 6.88. The molecular weight excluding hydrogens is 658 g/mol. The number of aliphatic carboxylic acids is 1. The minimum absolute atomic E-state index is 0.0364. The number of nitrogens with one attached hydrogen (secondary N) is 3. The van der Waals surface area contributed by atoms with Gasteiger partial charge in [-0.05, 0) is 64.9 Å². The number of hydrogen-bond donors (Lipinski definition) is 8. The molecule has 3 amide bonds. The summed E-state index contributed by atoms with van der Waals surface area (Å²) < 4.78 is 1.76. The Morgan fingerprint density at radius 1 is 0.961 bits per heavy atom. The lowest BCUT2D eigenvalue weighted by Crippen LogP contribution is -2.43. The Kier molecular flexibility index (Phi) is 22.8. The van der Waals surface area contributed by atoms with Crippen LogP contribution in [0.5, 0.6) is 0 Å². The number of amides is 3. The minimum atomic E-state index is -1.11. The number of hydrogen-bond acceptors (Lipinski definition) is 10. The molecule has 0 bridgehead atoms. The summed E-state index contributed by atoms with van der Waals surface area (Å²) in [6, 6.07) is 12.2. The van der Waals surface area contributed by atoms with Crippen LogP contribution >= 0.6 is 0 Å². The van der Waals surface area contributed by atoms with E-state index >= 15 is 0 Å². The standard InChI is InChI=1S/C32H39N7O6.2CH5N.CH4O/c1-20(2)39-29(22-10-5-4-6-11-22)27(24-12-7-8-17-35-24)28(30(39)32(45)37-23(18-40)14-15-26(42)43)38-31(44)25(36-21(3)41)13-9-16-34-19-33;3*1-2/h4-8,10-12,17-20,23,25H,9,13-16H2,1-3H3,(H2,33,34)(H,36,41)(H,37,45)(H,38,44)(H,42,43);2*2H2,1H3;2H,1H3. The Hall–Kier alpha value is -5.45. The predicted molar refractivity (Wildman–Crippen MR) is 199 cm³/mol. The van der Waals surface area contributed by atoms with Crippen molar-refractivity contribution in [3.8, 4) is 22.5 Å². The molecule has 3 rings (SSSR count). The molecule has 2 aromatic heterocycles. The molecule has 16 nitrogen and oxygen atoms in total. The van der Waals surface area contributed by atoms with E-state index in [2.05, 4.69) is 37.4 Å². The molecule has 0 aliphatic heterocycles. The number of aldehydes is 1. The Morgan fingerprint density at radius 3 is 2.10 bits per heavy atom. The minimum Gasteiger partial charge on any atom is -0.481 e. The molecule has 51 heavy (non-hydrogen) atoms. The van der Waals surface area contributed by atoms with Crippen molar-refractivity contribution in [1.82, 2.24) is 20.2 Å². The second-order valence-electron chi connectivity index (χ2n) is 10.6. The summed E-state index contributed by atoms with van der Waals surface area (Å²) in [7, 11) is 4.00. The molecule has 2 heterocycles. The summed E-state index contributed by atoms with van der Waals surface area (Å²) in [5.41, 5.74) is 16.7. The van der Waals surface area contributed by atoms with Crippen LogP contribution in [0.1, 0.15) is 63.0 Å². The number of aliphatic hydroxyl groups is 1. The largest absolute Gasteiger partial charge is 0.481 e. The fourth-order valence-corrected chi connectivity index (χ4v) is 4.97. The average Bonchev–Trinajstić information content (AvgIpc) is 3.49. The predicted octanol–water partition coefficient (Wildman–Crippen LogP) is 1.93. The first-order chi connectivity index (χ1) is 24.6. The summed E-state index contributed by atoms with van der Waals surface area (Å²) in [6.45, 7) is 5.39. The van der Waals surface area contributed by atoms with Crippen molar-refractivity contribution in [2.24, 2.45) is 22.2 Å². The molecule has 0 saturated heterocycles. The number of carbonyl (C=O) groups is 5. The SMILES string of the molecule is CC(=O)NC(CCCN=CN)C(=O)Nc1c(-c2ccccn2)c(-c2ccccc2)n(C(C)C)c1C(=O)NC(C=O)CCC(=O)O.CN.CN.CO. The Balaban J connectivity index is 0.00000395. The number of carboxylic acids is 1. The number of rotatable bonds is 16. The van der Waals surface area contributed by atoms with E-state index in [1.807, 2.05) is 44.2 Å². The van der Waals surface area contributed by atoms with Gasteiger partial charge in [0.25, 0.3) is 5.91 Å². The average molecular weight is 712 g/mol. The van der Waals surface area contributed by atoms with Gasteiger partial charge < -0.3 is 52.7 Å². The molecule has 0 radical (unpaired) electrons. The summed E-state index contributed by atoms with van der Waals surface area (Å²) in [4.78, 5) is 71.6. The molecule has 16 heteroatoms. The van der Waals surface area contributed by atoms with Crippen molar-refractivity contribution in [3.63, 3.8) is 0 Å². The van der Waals surface area contributed by atoms with Crippen LogP contribution in [0.25, 0.3) is 22.5 Å². The number of aliphatic hydroxyl groups excluding tert-OH is 1. The van der Waals surface area contributed by atoms with Gasteiger partial charge in [0, 0.05) is 39.2 Å². The topological polar surface area (TPSA) is 270 Å².